The molecule has 13 heavy (non-hydrogen) atoms. The average molecular weight is 194 g/mol. The van der Waals surface area contributed by atoms with Crippen molar-refractivity contribution >= 4 is 22.6 Å². The fourth-order valence-electron chi connectivity index (χ4n) is 1.99. The Labute approximate surface area is 80.4 Å². The van der Waals surface area contributed by atoms with Crippen LogP contribution in [0.15, 0.2) is 12.4 Å². The van der Waals surface area contributed by atoms with Crippen molar-refractivity contribution in [1.29, 1.82) is 0 Å². The van der Waals surface area contributed by atoms with Crippen LogP contribution >= 0.6 is 11.6 Å². The summed E-state index contributed by atoms with van der Waals surface area (Å²) in [7, 11) is 0. The number of nitrogens with zero attached hydrogens (tertiary/aromatic N) is 3. The fourth-order valence-corrected chi connectivity index (χ4v) is 2.23. The van der Waals surface area contributed by atoms with Crippen LogP contribution in [0.3, 0.4) is 0 Å². The van der Waals surface area contributed by atoms with Crippen molar-refractivity contribution in [3.05, 3.63) is 23.2 Å². The van der Waals surface area contributed by atoms with Crippen LogP contribution in [0.1, 0.15) is 12.1 Å². The summed E-state index contributed by atoms with van der Waals surface area (Å²) < 4.78 is 2.22. The lowest BCUT2D eigenvalue weighted by Crippen LogP contribution is -1.93. The second-order valence-corrected chi connectivity index (χ2v) is 3.65. The van der Waals surface area contributed by atoms with Gasteiger partial charge in [0.1, 0.15) is 11.8 Å². The Kier molecular flexibility index (Phi) is 1.38. The molecule has 3 heterocycles. The lowest BCUT2D eigenvalue weighted by molar-refractivity contribution is 0.770. The smallest absolute Gasteiger partial charge is 0.156 e. The molecule has 0 aliphatic carbocycles. The summed E-state index contributed by atoms with van der Waals surface area (Å²) in [4.78, 5) is 8.18. The van der Waals surface area contributed by atoms with Gasteiger partial charge in [-0.05, 0) is 18.9 Å². The highest BCUT2D eigenvalue weighted by Crippen LogP contribution is 2.27. The summed E-state index contributed by atoms with van der Waals surface area (Å²) in [6.07, 6.45) is 3.85. The highest BCUT2D eigenvalue weighted by atomic mass is 35.5. The van der Waals surface area contributed by atoms with Crippen LogP contribution < -0.4 is 0 Å². The van der Waals surface area contributed by atoms with Crippen LogP contribution in [0.25, 0.3) is 11.0 Å². The number of hydrogen-bond donors (Lipinski definition) is 0. The molecule has 0 amide bonds. The quantitative estimate of drug-likeness (QED) is 0.600. The van der Waals surface area contributed by atoms with Crippen LogP contribution in [-0.4, -0.2) is 14.5 Å². The number of aromatic nitrogens is 3. The molecule has 0 spiro atoms. The number of halogens is 1. The van der Waals surface area contributed by atoms with E-state index in [0.29, 0.717) is 5.15 Å². The van der Waals surface area contributed by atoms with Crippen LogP contribution in [-0.2, 0) is 13.0 Å². The van der Waals surface area contributed by atoms with E-state index < -0.39 is 0 Å². The molecule has 1 aliphatic heterocycles. The molecule has 0 N–H and O–H groups in total. The van der Waals surface area contributed by atoms with E-state index in [-0.39, 0.29) is 0 Å². The Morgan fingerprint density at radius 2 is 2.31 bits per heavy atom. The van der Waals surface area contributed by atoms with E-state index in [4.69, 9.17) is 11.6 Å². The standard InChI is InChI=1S/C9H8ClN3/c10-9-8-7(11-5-12-9)4-6-2-1-3-13(6)8/h4-5H,1-3H2. The summed E-state index contributed by atoms with van der Waals surface area (Å²) in [6.45, 7) is 1.05. The van der Waals surface area contributed by atoms with Crippen molar-refractivity contribution in [3.63, 3.8) is 0 Å². The van der Waals surface area contributed by atoms with Gasteiger partial charge in [-0.3, -0.25) is 0 Å². The molecule has 0 unspecified atom stereocenters. The molecule has 0 radical (unpaired) electrons. The number of fused-ring (bicyclic) bond motifs is 3. The van der Waals surface area contributed by atoms with Crippen molar-refractivity contribution in [2.24, 2.45) is 0 Å². The second-order valence-electron chi connectivity index (χ2n) is 3.29. The molecular weight excluding hydrogens is 186 g/mol. The van der Waals surface area contributed by atoms with Gasteiger partial charge in [0.2, 0.25) is 0 Å². The van der Waals surface area contributed by atoms with E-state index >= 15 is 0 Å². The molecule has 0 saturated heterocycles. The zero-order chi connectivity index (χ0) is 8.84. The number of hydrogen-bond acceptors (Lipinski definition) is 2. The SMILES string of the molecule is Clc1ncnc2cc3n(c12)CCC3. The summed E-state index contributed by atoms with van der Waals surface area (Å²) in [5, 5.41) is 0.568. The third-order valence-corrected chi connectivity index (χ3v) is 2.82. The van der Waals surface area contributed by atoms with E-state index in [0.717, 1.165) is 24.0 Å². The molecule has 3 rings (SSSR count). The van der Waals surface area contributed by atoms with E-state index in [1.807, 2.05) is 0 Å². The number of aryl methyl sites for hydroxylation is 2. The summed E-state index contributed by atoms with van der Waals surface area (Å²) in [5.41, 5.74) is 3.30. The van der Waals surface area contributed by atoms with Crippen LogP contribution in [0, 0.1) is 0 Å². The van der Waals surface area contributed by atoms with Crippen LogP contribution in [0.4, 0.5) is 0 Å². The van der Waals surface area contributed by atoms with Crippen molar-refractivity contribution in [3.8, 4) is 0 Å². The largest absolute Gasteiger partial charge is 0.341 e. The van der Waals surface area contributed by atoms with Gasteiger partial charge in [0.05, 0.1) is 5.52 Å². The predicted octanol–water partition coefficient (Wildman–Crippen LogP) is 2.03. The molecule has 4 heteroatoms. The lowest BCUT2D eigenvalue weighted by Gasteiger charge is -1.99. The molecule has 66 valence electrons. The summed E-state index contributed by atoms with van der Waals surface area (Å²) >= 11 is 6.01. The van der Waals surface area contributed by atoms with Gasteiger partial charge in [-0.1, -0.05) is 11.6 Å². The maximum atomic E-state index is 6.01. The molecule has 0 saturated carbocycles. The molecule has 2 aromatic rings. The first kappa shape index (κ1) is 7.33. The first-order valence-corrected chi connectivity index (χ1v) is 4.72. The van der Waals surface area contributed by atoms with Crippen molar-refractivity contribution < 1.29 is 0 Å². The third-order valence-electron chi connectivity index (χ3n) is 2.54. The molecule has 2 aromatic heterocycles. The van der Waals surface area contributed by atoms with Crippen LogP contribution in [0.5, 0.6) is 0 Å². The monoisotopic (exact) mass is 193 g/mol. The summed E-state index contributed by atoms with van der Waals surface area (Å²) in [6, 6.07) is 2.11. The fraction of sp³-hybridized carbons (Fsp3) is 0.333. The topological polar surface area (TPSA) is 30.7 Å². The summed E-state index contributed by atoms with van der Waals surface area (Å²) in [5.74, 6) is 0. The van der Waals surface area contributed by atoms with Gasteiger partial charge in [-0.2, -0.15) is 0 Å². The Bertz CT molecular complexity index is 475. The van der Waals surface area contributed by atoms with Crippen molar-refractivity contribution in [1.82, 2.24) is 14.5 Å². The number of rotatable bonds is 0. The first-order valence-electron chi connectivity index (χ1n) is 4.35. The van der Waals surface area contributed by atoms with Gasteiger partial charge in [0, 0.05) is 12.2 Å². The van der Waals surface area contributed by atoms with E-state index in [1.165, 1.54) is 18.4 Å². The Morgan fingerprint density at radius 3 is 3.23 bits per heavy atom. The maximum Gasteiger partial charge on any atom is 0.156 e. The van der Waals surface area contributed by atoms with Gasteiger partial charge < -0.3 is 4.57 Å². The van der Waals surface area contributed by atoms with Gasteiger partial charge in [-0.25, -0.2) is 9.97 Å². The van der Waals surface area contributed by atoms with Crippen molar-refractivity contribution in [2.75, 3.05) is 0 Å². The normalized spacial score (nSPS) is 15.2. The van der Waals surface area contributed by atoms with Crippen LogP contribution in [0.2, 0.25) is 5.15 Å². The minimum atomic E-state index is 0.568. The highest BCUT2D eigenvalue weighted by molar-refractivity contribution is 6.33. The Balaban J connectivity index is 2.46. The first-order chi connectivity index (χ1) is 6.36. The second kappa shape index (κ2) is 2.45. The average Bonchev–Trinajstić information content (AvgIpc) is 2.62. The maximum absolute atomic E-state index is 6.01. The molecule has 0 fully saturated rings. The zero-order valence-electron chi connectivity index (χ0n) is 7.00. The van der Waals surface area contributed by atoms with Gasteiger partial charge in [0.15, 0.2) is 5.15 Å². The molecule has 3 nitrogen and oxygen atoms in total. The minimum absolute atomic E-state index is 0.568. The zero-order valence-corrected chi connectivity index (χ0v) is 7.75. The van der Waals surface area contributed by atoms with E-state index in [1.54, 1.807) is 0 Å². The van der Waals surface area contributed by atoms with Gasteiger partial charge in [-0.15, -0.1) is 0 Å². The predicted molar refractivity (Wildman–Crippen MR) is 50.9 cm³/mol. The van der Waals surface area contributed by atoms with Gasteiger partial charge >= 0.3 is 0 Å². The third kappa shape index (κ3) is 0.907. The Hall–Kier alpha value is -1.09. The molecule has 0 atom stereocenters. The van der Waals surface area contributed by atoms with Gasteiger partial charge in [0.25, 0.3) is 0 Å². The minimum Gasteiger partial charge on any atom is -0.341 e. The highest BCUT2D eigenvalue weighted by Gasteiger charge is 2.16. The molecule has 0 bridgehead atoms. The molecular formula is C9H8ClN3. The molecule has 0 aromatic carbocycles. The Morgan fingerprint density at radius 1 is 1.38 bits per heavy atom. The van der Waals surface area contributed by atoms with E-state index in [9.17, 15) is 0 Å². The molecule has 1 aliphatic rings. The van der Waals surface area contributed by atoms with E-state index in [2.05, 4.69) is 20.6 Å². The van der Waals surface area contributed by atoms with Crippen molar-refractivity contribution in [2.45, 2.75) is 19.4 Å². The lowest BCUT2D eigenvalue weighted by atomic mass is 10.3.